The van der Waals surface area contributed by atoms with Gasteiger partial charge in [0.05, 0.1) is 5.69 Å². The summed E-state index contributed by atoms with van der Waals surface area (Å²) in [6.45, 7) is 3.76. The van der Waals surface area contributed by atoms with Gasteiger partial charge in [-0.15, -0.1) is 0 Å². The maximum atomic E-state index is 12.1. The monoisotopic (exact) mass is 337 g/mol. The van der Waals surface area contributed by atoms with E-state index in [1.165, 1.54) is 6.07 Å². The summed E-state index contributed by atoms with van der Waals surface area (Å²) in [6, 6.07) is 12.4. The van der Waals surface area contributed by atoms with Crippen LogP contribution in [0.25, 0.3) is 11.1 Å². The highest BCUT2D eigenvalue weighted by Crippen LogP contribution is 2.29. The number of amides is 1. The van der Waals surface area contributed by atoms with Crippen molar-refractivity contribution in [1.29, 1.82) is 0 Å². The second-order valence-electron chi connectivity index (χ2n) is 5.21. The zero-order chi connectivity index (χ0) is 17.9. The maximum Gasteiger partial charge on any atom is 0.491 e. The van der Waals surface area contributed by atoms with Crippen LogP contribution in [0.4, 0.5) is 23.7 Å². The molecular formula is C17H14F3NO3. The molecule has 1 N–H and O–H groups in total. The van der Waals surface area contributed by atoms with Crippen LogP contribution in [0, 0.1) is 13.8 Å². The molecule has 4 nitrogen and oxygen atoms in total. The van der Waals surface area contributed by atoms with Crippen LogP contribution in [0.3, 0.4) is 0 Å². The van der Waals surface area contributed by atoms with Crippen LogP contribution in [-0.2, 0) is 9.53 Å². The van der Waals surface area contributed by atoms with Crippen molar-refractivity contribution < 1.29 is 27.5 Å². The first-order valence-corrected chi connectivity index (χ1v) is 6.94. The average Bonchev–Trinajstić information content (AvgIpc) is 2.49. The van der Waals surface area contributed by atoms with Crippen molar-refractivity contribution in [1.82, 2.24) is 0 Å². The molecule has 0 aliphatic heterocycles. The number of rotatable bonds is 2. The first kappa shape index (κ1) is 17.5. The third-order valence-corrected chi connectivity index (χ3v) is 3.19. The Morgan fingerprint density at radius 3 is 2.12 bits per heavy atom. The minimum atomic E-state index is -5.23. The fourth-order valence-corrected chi connectivity index (χ4v) is 2.02. The lowest BCUT2D eigenvalue weighted by molar-refractivity contribution is -0.192. The van der Waals surface area contributed by atoms with Gasteiger partial charge < -0.3 is 4.74 Å². The molecule has 0 saturated carbocycles. The van der Waals surface area contributed by atoms with Crippen LogP contribution >= 0.6 is 0 Å². The molecule has 2 aromatic rings. The van der Waals surface area contributed by atoms with E-state index < -0.39 is 18.2 Å². The summed E-state index contributed by atoms with van der Waals surface area (Å²) in [5, 5.41) is 2.17. The van der Waals surface area contributed by atoms with E-state index in [-0.39, 0.29) is 5.69 Å². The number of benzene rings is 2. The minimum absolute atomic E-state index is 0.240. The van der Waals surface area contributed by atoms with Crippen molar-refractivity contribution in [2.24, 2.45) is 0 Å². The lowest BCUT2D eigenvalue weighted by Gasteiger charge is -2.13. The van der Waals surface area contributed by atoms with E-state index in [1.807, 2.05) is 38.1 Å². The van der Waals surface area contributed by atoms with Crippen molar-refractivity contribution >= 4 is 17.7 Å². The molecule has 0 aromatic heterocycles. The summed E-state index contributed by atoms with van der Waals surface area (Å²) in [5.74, 6) is -2.57. The largest absolute Gasteiger partial charge is 0.491 e. The van der Waals surface area contributed by atoms with Gasteiger partial charge in [0.15, 0.2) is 0 Å². The van der Waals surface area contributed by atoms with E-state index in [1.54, 1.807) is 12.1 Å². The molecule has 0 saturated heterocycles. The number of carbonyl (C=O) groups excluding carboxylic acids is 2. The van der Waals surface area contributed by atoms with Crippen LogP contribution in [0.1, 0.15) is 11.1 Å². The topological polar surface area (TPSA) is 55.4 Å². The standard InChI is InChI=1S/C17H14F3NO3/c1-10-3-6-12(7-4-10)13-9-11(2)5-8-14(13)21-16(23)24-15(22)17(18,19)20/h3-9H,1-2H3,(H,21,23). The molecule has 24 heavy (non-hydrogen) atoms. The molecule has 0 aliphatic carbocycles. The van der Waals surface area contributed by atoms with Crippen molar-refractivity contribution in [3.63, 3.8) is 0 Å². The third kappa shape index (κ3) is 4.34. The average molecular weight is 337 g/mol. The van der Waals surface area contributed by atoms with E-state index in [9.17, 15) is 22.8 Å². The van der Waals surface area contributed by atoms with E-state index in [0.29, 0.717) is 5.56 Å². The van der Waals surface area contributed by atoms with Crippen LogP contribution < -0.4 is 5.32 Å². The first-order chi connectivity index (χ1) is 11.2. The molecular weight excluding hydrogens is 323 g/mol. The highest BCUT2D eigenvalue weighted by atomic mass is 19.4. The minimum Gasteiger partial charge on any atom is -0.369 e. The zero-order valence-electron chi connectivity index (χ0n) is 12.9. The molecule has 0 fully saturated rings. The number of hydrogen-bond acceptors (Lipinski definition) is 3. The van der Waals surface area contributed by atoms with Gasteiger partial charge in [-0.2, -0.15) is 13.2 Å². The highest BCUT2D eigenvalue weighted by molar-refractivity contribution is 5.97. The molecule has 0 spiro atoms. The van der Waals surface area contributed by atoms with Gasteiger partial charge in [0.1, 0.15) is 0 Å². The summed E-state index contributed by atoms with van der Waals surface area (Å²) in [6.07, 6.45) is -6.72. The predicted octanol–water partition coefficient (Wildman–Crippen LogP) is 4.61. The maximum absolute atomic E-state index is 12.1. The molecule has 126 valence electrons. The number of nitrogens with one attached hydrogen (secondary N) is 1. The number of aryl methyl sites for hydroxylation is 2. The zero-order valence-corrected chi connectivity index (χ0v) is 12.9. The number of esters is 1. The number of ether oxygens (including phenoxy) is 1. The Bertz CT molecular complexity index is 768. The van der Waals surface area contributed by atoms with E-state index in [0.717, 1.165) is 16.7 Å². The van der Waals surface area contributed by atoms with Gasteiger partial charge in [0.2, 0.25) is 0 Å². The Balaban J connectivity index is 2.26. The number of hydrogen-bond donors (Lipinski definition) is 1. The molecule has 0 radical (unpaired) electrons. The number of carbonyl (C=O) groups is 2. The quantitative estimate of drug-likeness (QED) is 0.643. The van der Waals surface area contributed by atoms with Gasteiger partial charge in [-0.05, 0) is 31.5 Å². The summed E-state index contributed by atoms with van der Waals surface area (Å²) in [4.78, 5) is 22.2. The summed E-state index contributed by atoms with van der Waals surface area (Å²) >= 11 is 0. The SMILES string of the molecule is Cc1ccc(-c2cc(C)ccc2NC(=O)OC(=O)C(F)(F)F)cc1. The Hall–Kier alpha value is -2.83. The van der Waals surface area contributed by atoms with Gasteiger partial charge in [0.25, 0.3) is 0 Å². The van der Waals surface area contributed by atoms with E-state index >= 15 is 0 Å². The molecule has 0 heterocycles. The molecule has 2 aromatic carbocycles. The number of alkyl halides is 3. The predicted molar refractivity (Wildman–Crippen MR) is 82.5 cm³/mol. The summed E-state index contributed by atoms with van der Waals surface area (Å²) < 4.78 is 40.1. The first-order valence-electron chi connectivity index (χ1n) is 6.94. The van der Waals surface area contributed by atoms with Crippen molar-refractivity contribution in [3.05, 3.63) is 53.6 Å². The summed E-state index contributed by atoms with van der Waals surface area (Å²) in [5.41, 5.74) is 3.55. The number of anilines is 1. The van der Waals surface area contributed by atoms with Gasteiger partial charge in [-0.3, -0.25) is 5.32 Å². The summed E-state index contributed by atoms with van der Waals surface area (Å²) in [7, 11) is 0. The lowest BCUT2D eigenvalue weighted by atomic mass is 10.0. The molecule has 2 rings (SSSR count). The fourth-order valence-electron chi connectivity index (χ4n) is 2.02. The second-order valence-corrected chi connectivity index (χ2v) is 5.21. The van der Waals surface area contributed by atoms with Crippen molar-refractivity contribution in [2.75, 3.05) is 5.32 Å². The molecule has 1 amide bonds. The number of halogens is 3. The molecule has 0 bridgehead atoms. The Morgan fingerprint density at radius 1 is 0.958 bits per heavy atom. The normalized spacial score (nSPS) is 11.0. The van der Waals surface area contributed by atoms with Gasteiger partial charge in [0, 0.05) is 5.56 Å². The van der Waals surface area contributed by atoms with Crippen LogP contribution in [-0.4, -0.2) is 18.2 Å². The van der Waals surface area contributed by atoms with Gasteiger partial charge in [-0.25, -0.2) is 9.59 Å². The fraction of sp³-hybridized carbons (Fsp3) is 0.176. The van der Waals surface area contributed by atoms with Crippen LogP contribution in [0.2, 0.25) is 0 Å². The van der Waals surface area contributed by atoms with Crippen LogP contribution in [0.15, 0.2) is 42.5 Å². The van der Waals surface area contributed by atoms with E-state index in [4.69, 9.17) is 0 Å². The smallest absolute Gasteiger partial charge is 0.369 e. The third-order valence-electron chi connectivity index (χ3n) is 3.19. The molecule has 0 atom stereocenters. The lowest BCUT2D eigenvalue weighted by Crippen LogP contribution is -2.30. The van der Waals surface area contributed by atoms with E-state index in [2.05, 4.69) is 10.1 Å². The highest BCUT2D eigenvalue weighted by Gasteiger charge is 2.42. The Morgan fingerprint density at radius 2 is 1.54 bits per heavy atom. The Kier molecular flexibility index (Phi) is 4.92. The van der Waals surface area contributed by atoms with Crippen molar-refractivity contribution in [3.8, 4) is 11.1 Å². The molecule has 0 aliphatic rings. The molecule has 0 unspecified atom stereocenters. The Labute approximate surface area is 136 Å². The van der Waals surface area contributed by atoms with Gasteiger partial charge >= 0.3 is 18.2 Å². The second kappa shape index (κ2) is 6.74. The van der Waals surface area contributed by atoms with Crippen molar-refractivity contribution in [2.45, 2.75) is 20.0 Å². The van der Waals surface area contributed by atoms with Crippen LogP contribution in [0.5, 0.6) is 0 Å². The van der Waals surface area contributed by atoms with Gasteiger partial charge in [-0.1, -0.05) is 41.5 Å². The molecule has 7 heteroatoms.